The van der Waals surface area contributed by atoms with Crippen molar-refractivity contribution < 1.29 is 9.59 Å². The van der Waals surface area contributed by atoms with Gasteiger partial charge < -0.3 is 14.8 Å². The first-order chi connectivity index (χ1) is 12.1. The largest absolute Gasteiger partial charge is 0.347 e. The van der Waals surface area contributed by atoms with Crippen LogP contribution in [0.15, 0.2) is 30.3 Å². The Hall–Kier alpha value is -2.63. The molecule has 0 unspecified atom stereocenters. The number of amides is 2. The van der Waals surface area contributed by atoms with Crippen LogP contribution in [-0.2, 0) is 13.0 Å². The Bertz CT molecular complexity index is 808. The number of carbonyl (C=O) groups excluding carboxylic acids is 2. The van der Waals surface area contributed by atoms with Crippen LogP contribution in [0, 0.1) is 0 Å². The van der Waals surface area contributed by atoms with Crippen LogP contribution in [0.2, 0.25) is 0 Å². The van der Waals surface area contributed by atoms with Gasteiger partial charge in [-0.05, 0) is 44.2 Å². The average molecular weight is 338 g/mol. The molecule has 25 heavy (non-hydrogen) atoms. The molecule has 1 aromatic carbocycles. The lowest BCUT2D eigenvalue weighted by Crippen LogP contribution is -2.29. The fraction of sp³-hybridized carbons (Fsp3) is 0.421. The molecule has 1 aliphatic carbocycles. The molecule has 6 nitrogen and oxygen atoms in total. The van der Waals surface area contributed by atoms with Crippen molar-refractivity contribution in [3.05, 3.63) is 47.5 Å². The molecule has 2 amide bonds. The number of hydrogen-bond acceptors (Lipinski definition) is 3. The summed E-state index contributed by atoms with van der Waals surface area (Å²) in [6.45, 7) is 0.748. The fourth-order valence-corrected chi connectivity index (χ4v) is 3.29. The first kappa shape index (κ1) is 15.9. The second-order valence-electron chi connectivity index (χ2n) is 6.79. The van der Waals surface area contributed by atoms with Crippen molar-refractivity contribution >= 4 is 17.5 Å². The first-order valence-corrected chi connectivity index (χ1v) is 8.88. The lowest BCUT2D eigenvalue weighted by Gasteiger charge is -2.19. The summed E-state index contributed by atoms with van der Waals surface area (Å²) in [7, 11) is 1.75. The van der Waals surface area contributed by atoms with Gasteiger partial charge in [-0.1, -0.05) is 18.2 Å². The second-order valence-corrected chi connectivity index (χ2v) is 6.79. The van der Waals surface area contributed by atoms with Crippen molar-refractivity contribution in [3.63, 3.8) is 0 Å². The normalized spacial score (nSPS) is 16.2. The molecule has 0 bridgehead atoms. The zero-order valence-corrected chi connectivity index (χ0v) is 14.4. The Kier molecular flexibility index (Phi) is 4.03. The summed E-state index contributed by atoms with van der Waals surface area (Å²) in [5, 5.41) is 2.99. The van der Waals surface area contributed by atoms with Crippen molar-refractivity contribution in [2.24, 2.45) is 0 Å². The topological polar surface area (TPSA) is 67.2 Å². The molecule has 0 atom stereocenters. The molecule has 130 valence electrons. The van der Waals surface area contributed by atoms with E-state index < -0.39 is 0 Å². The molecule has 6 heteroatoms. The lowest BCUT2D eigenvalue weighted by atomic mass is 10.1. The van der Waals surface area contributed by atoms with Crippen LogP contribution in [0.5, 0.6) is 0 Å². The number of benzene rings is 1. The summed E-state index contributed by atoms with van der Waals surface area (Å²) in [6.07, 6.45) is 4.87. The Morgan fingerprint density at radius 2 is 1.96 bits per heavy atom. The number of nitrogens with one attached hydrogen (secondary N) is 1. The number of imidazole rings is 1. The highest BCUT2D eigenvalue weighted by Gasteiger charge is 2.31. The Morgan fingerprint density at radius 1 is 1.20 bits per heavy atom. The van der Waals surface area contributed by atoms with E-state index in [9.17, 15) is 9.59 Å². The molecule has 1 saturated carbocycles. The van der Waals surface area contributed by atoms with Crippen molar-refractivity contribution in [1.29, 1.82) is 0 Å². The van der Waals surface area contributed by atoms with Gasteiger partial charge in [-0.15, -0.1) is 0 Å². The third-order valence-electron chi connectivity index (χ3n) is 4.88. The molecule has 2 aliphatic rings. The van der Waals surface area contributed by atoms with Gasteiger partial charge >= 0.3 is 0 Å². The summed E-state index contributed by atoms with van der Waals surface area (Å²) in [4.78, 5) is 31.6. The number of hydrogen-bond donors (Lipinski definition) is 1. The highest BCUT2D eigenvalue weighted by Crippen LogP contribution is 2.25. The van der Waals surface area contributed by atoms with Crippen molar-refractivity contribution in [2.75, 3.05) is 11.9 Å². The molecule has 1 fully saturated rings. The van der Waals surface area contributed by atoms with Crippen LogP contribution in [0.4, 0.5) is 5.69 Å². The van der Waals surface area contributed by atoms with Crippen molar-refractivity contribution in [2.45, 2.75) is 44.7 Å². The lowest BCUT2D eigenvalue weighted by molar-refractivity contribution is 0.0935. The first-order valence-electron chi connectivity index (χ1n) is 8.88. The predicted octanol–water partition coefficient (Wildman–Crippen LogP) is 2.39. The van der Waals surface area contributed by atoms with E-state index in [4.69, 9.17) is 0 Å². The van der Waals surface area contributed by atoms with E-state index in [0.717, 1.165) is 50.0 Å². The minimum atomic E-state index is -0.165. The maximum atomic E-state index is 13.0. The van der Waals surface area contributed by atoms with Crippen molar-refractivity contribution in [3.8, 4) is 0 Å². The monoisotopic (exact) mass is 338 g/mol. The van der Waals surface area contributed by atoms with Crippen LogP contribution >= 0.6 is 0 Å². The molecule has 0 saturated heterocycles. The zero-order valence-electron chi connectivity index (χ0n) is 14.4. The smallest absolute Gasteiger partial charge is 0.287 e. The average Bonchev–Trinajstić information content (AvgIpc) is 3.38. The number of aromatic nitrogens is 2. The van der Waals surface area contributed by atoms with Gasteiger partial charge in [0, 0.05) is 25.3 Å². The summed E-state index contributed by atoms with van der Waals surface area (Å²) < 4.78 is 1.94. The summed E-state index contributed by atoms with van der Waals surface area (Å²) in [5.41, 5.74) is 2.11. The van der Waals surface area contributed by atoms with E-state index >= 15 is 0 Å². The molecule has 1 aromatic heterocycles. The molecule has 0 radical (unpaired) electrons. The SMILES string of the molecule is CN(C(=O)c1nc(C(=O)NC2CC2)n2c1CCCC2)c1ccccc1. The van der Waals surface area contributed by atoms with E-state index in [1.807, 2.05) is 34.9 Å². The maximum Gasteiger partial charge on any atom is 0.287 e. The van der Waals surface area contributed by atoms with Gasteiger partial charge in [0.15, 0.2) is 11.5 Å². The number of carbonyl (C=O) groups is 2. The van der Waals surface area contributed by atoms with Gasteiger partial charge in [0.05, 0.1) is 5.69 Å². The van der Waals surface area contributed by atoms with Crippen LogP contribution in [-0.4, -0.2) is 34.5 Å². The van der Waals surface area contributed by atoms with E-state index in [1.165, 1.54) is 0 Å². The second kappa shape index (κ2) is 6.35. The Labute approximate surface area is 146 Å². The quantitative estimate of drug-likeness (QED) is 0.931. The minimum Gasteiger partial charge on any atom is -0.347 e. The van der Waals surface area contributed by atoms with Gasteiger partial charge in [0.1, 0.15) is 0 Å². The summed E-state index contributed by atoms with van der Waals surface area (Å²) >= 11 is 0. The van der Waals surface area contributed by atoms with Gasteiger partial charge in [0.25, 0.3) is 11.8 Å². The molecule has 1 N–H and O–H groups in total. The predicted molar refractivity (Wildman–Crippen MR) is 94.8 cm³/mol. The standard InChI is InChI=1S/C19H22N4O2/c1-22(14-7-3-2-4-8-14)19(25)16-15-9-5-6-12-23(15)17(21-16)18(24)20-13-10-11-13/h2-4,7-8,13H,5-6,9-12H2,1H3,(H,20,24). The van der Waals surface area contributed by atoms with E-state index in [0.29, 0.717) is 11.5 Å². The molecule has 2 aromatic rings. The molecule has 1 aliphatic heterocycles. The Balaban J connectivity index is 1.67. The van der Waals surface area contributed by atoms with E-state index in [1.54, 1.807) is 11.9 Å². The van der Waals surface area contributed by atoms with Crippen LogP contribution < -0.4 is 10.2 Å². The Morgan fingerprint density at radius 3 is 2.68 bits per heavy atom. The third kappa shape index (κ3) is 3.04. The zero-order chi connectivity index (χ0) is 17.4. The van der Waals surface area contributed by atoms with Gasteiger partial charge in [-0.2, -0.15) is 0 Å². The fourth-order valence-electron chi connectivity index (χ4n) is 3.29. The molecule has 0 spiro atoms. The van der Waals surface area contributed by atoms with Crippen molar-refractivity contribution in [1.82, 2.24) is 14.9 Å². The van der Waals surface area contributed by atoms with Crippen LogP contribution in [0.1, 0.15) is 52.5 Å². The van der Waals surface area contributed by atoms with E-state index in [-0.39, 0.29) is 17.9 Å². The molecular weight excluding hydrogens is 316 g/mol. The highest BCUT2D eigenvalue weighted by molar-refractivity contribution is 6.06. The van der Waals surface area contributed by atoms with Crippen LogP contribution in [0.25, 0.3) is 0 Å². The number of para-hydroxylation sites is 1. The molecule has 2 heterocycles. The maximum absolute atomic E-state index is 13.0. The van der Waals surface area contributed by atoms with Crippen LogP contribution in [0.3, 0.4) is 0 Å². The van der Waals surface area contributed by atoms with Gasteiger partial charge in [0.2, 0.25) is 0 Å². The number of fused-ring (bicyclic) bond motifs is 1. The summed E-state index contributed by atoms with van der Waals surface area (Å²) in [5.74, 6) is 0.0563. The number of nitrogens with zero attached hydrogens (tertiary/aromatic N) is 3. The minimum absolute atomic E-state index is 0.160. The molecular formula is C19H22N4O2. The molecule has 4 rings (SSSR count). The summed E-state index contributed by atoms with van der Waals surface area (Å²) in [6, 6.07) is 9.77. The van der Waals surface area contributed by atoms with E-state index in [2.05, 4.69) is 10.3 Å². The highest BCUT2D eigenvalue weighted by atomic mass is 16.2. The van der Waals surface area contributed by atoms with Gasteiger partial charge in [-0.3, -0.25) is 9.59 Å². The van der Waals surface area contributed by atoms with Gasteiger partial charge in [-0.25, -0.2) is 4.98 Å². The number of anilines is 1. The third-order valence-corrected chi connectivity index (χ3v) is 4.88. The number of rotatable bonds is 4.